The van der Waals surface area contributed by atoms with E-state index in [0.717, 1.165) is 0 Å². The predicted octanol–water partition coefficient (Wildman–Crippen LogP) is -3.01. The maximum atomic E-state index is 8.92. The Bertz CT molecular complexity index is 115. The van der Waals surface area contributed by atoms with Crippen molar-refractivity contribution >= 4 is 0 Å². The molecule has 5 N–H and O–H groups in total. The molecule has 0 heterocycles. The first-order valence-electron chi connectivity index (χ1n) is 4.55. The van der Waals surface area contributed by atoms with E-state index in [-0.39, 0.29) is 39.6 Å². The van der Waals surface area contributed by atoms with E-state index >= 15 is 0 Å². The van der Waals surface area contributed by atoms with E-state index in [1.807, 2.05) is 0 Å². The minimum atomic E-state index is -0.563. The highest BCUT2D eigenvalue weighted by Crippen LogP contribution is 2.04. The van der Waals surface area contributed by atoms with Crippen LogP contribution in [-0.2, 0) is 0 Å². The number of hydrogen-bond donors (Lipinski definition) is 5. The molecular weight excluding hydrogens is 190 g/mol. The zero-order chi connectivity index (χ0) is 11.0. The van der Waals surface area contributed by atoms with Crippen molar-refractivity contribution in [2.75, 3.05) is 39.6 Å². The summed E-state index contributed by atoms with van der Waals surface area (Å²) in [5, 5.41) is 44.4. The molecule has 0 amide bonds. The molecule has 6 nitrogen and oxygen atoms in total. The minimum Gasteiger partial charge on any atom is -0.395 e. The molecule has 0 aromatic rings. The topological polar surface area (TPSA) is 104 Å². The summed E-state index contributed by atoms with van der Waals surface area (Å²) in [5.41, 5.74) is 0. The van der Waals surface area contributed by atoms with Crippen molar-refractivity contribution in [2.24, 2.45) is 0 Å². The quantitative estimate of drug-likeness (QED) is 0.291. The Morgan fingerprint density at radius 2 is 1.07 bits per heavy atom. The number of nitrogens with zero attached hydrogens (tertiary/aromatic N) is 1. The molecule has 0 aliphatic heterocycles. The highest BCUT2D eigenvalue weighted by molar-refractivity contribution is 4.77. The van der Waals surface area contributed by atoms with Gasteiger partial charge >= 0.3 is 0 Å². The van der Waals surface area contributed by atoms with Gasteiger partial charge in [0.2, 0.25) is 0 Å². The van der Waals surface area contributed by atoms with Crippen molar-refractivity contribution in [1.29, 1.82) is 0 Å². The predicted molar refractivity (Wildman–Crippen MR) is 49.7 cm³/mol. The van der Waals surface area contributed by atoms with Crippen LogP contribution in [0.5, 0.6) is 0 Å². The normalized spacial score (nSPS) is 12.0. The highest BCUT2D eigenvalue weighted by Gasteiger charge is 2.23. The summed E-state index contributed by atoms with van der Waals surface area (Å²) in [6.07, 6.45) is 0. The highest BCUT2D eigenvalue weighted by atomic mass is 16.3. The first-order chi connectivity index (χ1) is 6.74. The first-order valence-corrected chi connectivity index (χ1v) is 4.55. The van der Waals surface area contributed by atoms with Gasteiger partial charge in [-0.25, -0.2) is 0 Å². The Labute approximate surface area is 83.0 Å². The van der Waals surface area contributed by atoms with Crippen LogP contribution in [0.4, 0.5) is 0 Å². The summed E-state index contributed by atoms with van der Waals surface area (Å²) in [5.74, 6) is 0. The van der Waals surface area contributed by atoms with Gasteiger partial charge in [0.05, 0.1) is 45.1 Å². The lowest BCUT2D eigenvalue weighted by Gasteiger charge is -2.34. The summed E-state index contributed by atoms with van der Waals surface area (Å²) >= 11 is 0. The van der Waals surface area contributed by atoms with Crippen LogP contribution < -0.4 is 0 Å². The Hall–Kier alpha value is -0.240. The van der Waals surface area contributed by atoms with Gasteiger partial charge in [-0.15, -0.1) is 0 Å². The number of rotatable bonds is 8. The van der Waals surface area contributed by atoms with Crippen molar-refractivity contribution < 1.29 is 25.5 Å². The van der Waals surface area contributed by atoms with E-state index in [9.17, 15) is 0 Å². The van der Waals surface area contributed by atoms with Crippen molar-refractivity contribution in [3.8, 4) is 0 Å². The van der Waals surface area contributed by atoms with Crippen LogP contribution in [0.3, 0.4) is 0 Å². The third-order valence-electron chi connectivity index (χ3n) is 2.14. The van der Waals surface area contributed by atoms with Gasteiger partial charge in [0.25, 0.3) is 0 Å². The molecule has 14 heavy (non-hydrogen) atoms. The Kier molecular flexibility index (Phi) is 7.96. The second-order valence-electron chi connectivity index (χ2n) is 3.00. The molecule has 0 saturated heterocycles. The fourth-order valence-corrected chi connectivity index (χ4v) is 1.31. The molecule has 0 saturated carbocycles. The Balaban J connectivity index is 4.36. The van der Waals surface area contributed by atoms with Gasteiger partial charge in [0.15, 0.2) is 0 Å². The standard InChI is InChI=1S/C8H19NO5/c10-2-1-9(7(3-11)4-12)8(5-13)6-14/h7-8,10-14H,1-6H2. The van der Waals surface area contributed by atoms with Gasteiger partial charge in [-0.3, -0.25) is 4.90 Å². The molecular formula is C8H19NO5. The zero-order valence-corrected chi connectivity index (χ0v) is 8.08. The fourth-order valence-electron chi connectivity index (χ4n) is 1.31. The molecule has 0 atom stereocenters. The van der Waals surface area contributed by atoms with Crippen LogP contribution in [0.2, 0.25) is 0 Å². The Morgan fingerprint density at radius 3 is 1.29 bits per heavy atom. The molecule has 0 aliphatic carbocycles. The van der Waals surface area contributed by atoms with Crippen LogP contribution in [0.25, 0.3) is 0 Å². The lowest BCUT2D eigenvalue weighted by Crippen LogP contribution is -2.51. The van der Waals surface area contributed by atoms with E-state index in [4.69, 9.17) is 25.5 Å². The van der Waals surface area contributed by atoms with Crippen molar-refractivity contribution in [1.82, 2.24) is 4.90 Å². The third-order valence-corrected chi connectivity index (χ3v) is 2.14. The van der Waals surface area contributed by atoms with Gasteiger partial charge in [0, 0.05) is 6.54 Å². The summed E-state index contributed by atoms with van der Waals surface area (Å²) in [4.78, 5) is 1.49. The smallest absolute Gasteiger partial charge is 0.0609 e. The molecule has 0 rings (SSSR count). The van der Waals surface area contributed by atoms with Crippen LogP contribution >= 0.6 is 0 Å². The van der Waals surface area contributed by atoms with Gasteiger partial charge in [0.1, 0.15) is 0 Å². The SMILES string of the molecule is OCCN(C(CO)CO)C(CO)CO. The van der Waals surface area contributed by atoms with E-state index in [2.05, 4.69) is 0 Å². The molecule has 0 bridgehead atoms. The van der Waals surface area contributed by atoms with Gasteiger partial charge < -0.3 is 25.5 Å². The molecule has 0 unspecified atom stereocenters. The number of hydrogen-bond acceptors (Lipinski definition) is 6. The third kappa shape index (κ3) is 3.87. The van der Waals surface area contributed by atoms with Gasteiger partial charge in [-0.2, -0.15) is 0 Å². The van der Waals surface area contributed by atoms with Crippen LogP contribution in [0.15, 0.2) is 0 Å². The molecule has 86 valence electrons. The summed E-state index contributed by atoms with van der Waals surface area (Å²) in [6.45, 7) is -1.11. The van der Waals surface area contributed by atoms with Crippen LogP contribution in [0, 0.1) is 0 Å². The molecule has 6 heteroatoms. The number of aliphatic hydroxyl groups excluding tert-OH is 5. The average Bonchev–Trinajstić information content (AvgIpc) is 2.21. The van der Waals surface area contributed by atoms with Crippen molar-refractivity contribution in [3.05, 3.63) is 0 Å². The van der Waals surface area contributed by atoms with E-state index in [1.165, 1.54) is 4.90 Å². The molecule has 0 aromatic heterocycles. The maximum Gasteiger partial charge on any atom is 0.0609 e. The number of aliphatic hydroxyl groups is 5. The van der Waals surface area contributed by atoms with Gasteiger partial charge in [-0.1, -0.05) is 0 Å². The van der Waals surface area contributed by atoms with Crippen LogP contribution in [0.1, 0.15) is 0 Å². The molecule has 0 spiro atoms. The Morgan fingerprint density at radius 1 is 0.714 bits per heavy atom. The van der Waals surface area contributed by atoms with Crippen molar-refractivity contribution in [3.63, 3.8) is 0 Å². The summed E-state index contributed by atoms with van der Waals surface area (Å²) in [7, 11) is 0. The molecule has 0 aromatic carbocycles. The second kappa shape index (κ2) is 8.10. The monoisotopic (exact) mass is 209 g/mol. The zero-order valence-electron chi connectivity index (χ0n) is 8.08. The van der Waals surface area contributed by atoms with E-state index in [1.54, 1.807) is 0 Å². The van der Waals surface area contributed by atoms with Crippen molar-refractivity contribution in [2.45, 2.75) is 12.1 Å². The largest absolute Gasteiger partial charge is 0.395 e. The molecule has 0 fully saturated rings. The maximum absolute atomic E-state index is 8.92. The minimum absolute atomic E-state index is 0.160. The first kappa shape index (κ1) is 13.8. The fraction of sp³-hybridized carbons (Fsp3) is 1.00. The van der Waals surface area contributed by atoms with E-state index in [0.29, 0.717) is 0 Å². The molecule has 0 aliphatic rings. The van der Waals surface area contributed by atoms with Crippen LogP contribution in [-0.4, -0.2) is 82.1 Å². The second-order valence-corrected chi connectivity index (χ2v) is 3.00. The summed E-state index contributed by atoms with van der Waals surface area (Å²) in [6, 6.07) is -1.13. The average molecular weight is 209 g/mol. The van der Waals surface area contributed by atoms with Gasteiger partial charge in [-0.05, 0) is 0 Å². The van der Waals surface area contributed by atoms with E-state index < -0.39 is 12.1 Å². The lowest BCUT2D eigenvalue weighted by molar-refractivity contribution is -0.00630. The molecule has 0 radical (unpaired) electrons. The lowest BCUT2D eigenvalue weighted by atomic mass is 10.2. The summed E-state index contributed by atoms with van der Waals surface area (Å²) < 4.78 is 0.